The molecule has 0 atom stereocenters. The van der Waals surface area contributed by atoms with Crippen molar-refractivity contribution in [3.63, 3.8) is 0 Å². The lowest BCUT2D eigenvalue weighted by Crippen LogP contribution is -2.38. The van der Waals surface area contributed by atoms with E-state index in [0.29, 0.717) is 0 Å². The zero-order chi connectivity index (χ0) is 13.7. The standard InChI is InChI=1S/C11H14FN3O3/c1-2-15(6-9(13)14-18)11(17)10-7(12)4-3-5-8(10)16/h3-5,16,18H,2,6H2,1H3,(H2,13,14). The zero-order valence-electron chi connectivity index (χ0n) is 9.80. The molecule has 0 aliphatic rings. The number of phenols is 1. The Morgan fingerprint density at radius 1 is 1.56 bits per heavy atom. The van der Waals surface area contributed by atoms with Gasteiger partial charge in [-0.25, -0.2) is 4.39 Å². The summed E-state index contributed by atoms with van der Waals surface area (Å²) in [4.78, 5) is 13.1. The van der Waals surface area contributed by atoms with Crippen LogP contribution < -0.4 is 5.73 Å². The third-order valence-corrected chi connectivity index (χ3v) is 2.36. The first-order valence-electron chi connectivity index (χ1n) is 5.24. The molecular formula is C11H14FN3O3. The fraction of sp³-hybridized carbons (Fsp3) is 0.273. The highest BCUT2D eigenvalue weighted by atomic mass is 19.1. The number of phenolic OH excluding ortho intramolecular Hbond substituents is 1. The number of rotatable bonds is 4. The van der Waals surface area contributed by atoms with Crippen LogP contribution in [0.5, 0.6) is 5.75 Å². The second-order valence-corrected chi connectivity index (χ2v) is 3.54. The second kappa shape index (κ2) is 5.85. The molecule has 0 aliphatic carbocycles. The molecular weight excluding hydrogens is 241 g/mol. The van der Waals surface area contributed by atoms with Gasteiger partial charge >= 0.3 is 0 Å². The molecule has 0 aromatic heterocycles. The van der Waals surface area contributed by atoms with Crippen molar-refractivity contribution in [3.8, 4) is 5.75 Å². The summed E-state index contributed by atoms with van der Waals surface area (Å²) in [5.74, 6) is -2.17. The summed E-state index contributed by atoms with van der Waals surface area (Å²) in [5.41, 5.74) is 4.87. The van der Waals surface area contributed by atoms with Crippen LogP contribution in [0.25, 0.3) is 0 Å². The third-order valence-electron chi connectivity index (χ3n) is 2.36. The Kier molecular flexibility index (Phi) is 4.47. The van der Waals surface area contributed by atoms with Gasteiger partial charge in [0.15, 0.2) is 5.84 Å². The van der Waals surface area contributed by atoms with E-state index < -0.39 is 23.0 Å². The van der Waals surface area contributed by atoms with Crippen LogP contribution >= 0.6 is 0 Å². The fourth-order valence-corrected chi connectivity index (χ4v) is 1.44. The smallest absolute Gasteiger partial charge is 0.261 e. The maximum Gasteiger partial charge on any atom is 0.261 e. The topological polar surface area (TPSA) is 99.1 Å². The van der Waals surface area contributed by atoms with Gasteiger partial charge in [0, 0.05) is 6.54 Å². The van der Waals surface area contributed by atoms with E-state index in [4.69, 9.17) is 10.9 Å². The number of carbonyl (C=O) groups is 1. The van der Waals surface area contributed by atoms with Crippen molar-refractivity contribution >= 4 is 11.7 Å². The van der Waals surface area contributed by atoms with Gasteiger partial charge in [0.1, 0.15) is 17.1 Å². The third kappa shape index (κ3) is 2.88. The van der Waals surface area contributed by atoms with Crippen molar-refractivity contribution in [2.24, 2.45) is 10.9 Å². The summed E-state index contributed by atoms with van der Waals surface area (Å²) in [7, 11) is 0. The number of hydrogen-bond donors (Lipinski definition) is 3. The Balaban J connectivity index is 3.04. The van der Waals surface area contributed by atoms with E-state index in [-0.39, 0.29) is 18.9 Å². The molecule has 0 saturated heterocycles. The quantitative estimate of drug-likeness (QED) is 0.320. The fourth-order valence-electron chi connectivity index (χ4n) is 1.44. The van der Waals surface area contributed by atoms with E-state index in [1.54, 1.807) is 6.92 Å². The summed E-state index contributed by atoms with van der Waals surface area (Å²) in [6.07, 6.45) is 0. The number of halogens is 1. The zero-order valence-corrected chi connectivity index (χ0v) is 9.80. The van der Waals surface area contributed by atoms with E-state index in [0.717, 1.165) is 11.0 Å². The summed E-state index contributed by atoms with van der Waals surface area (Å²) < 4.78 is 13.5. The largest absolute Gasteiger partial charge is 0.507 e. The van der Waals surface area contributed by atoms with Crippen molar-refractivity contribution in [1.29, 1.82) is 0 Å². The van der Waals surface area contributed by atoms with E-state index in [1.165, 1.54) is 12.1 Å². The number of likely N-dealkylation sites (N-methyl/N-ethyl adjacent to an activating group) is 1. The molecule has 98 valence electrons. The van der Waals surface area contributed by atoms with Crippen LogP contribution in [0.2, 0.25) is 0 Å². The molecule has 0 aliphatic heterocycles. The number of carbonyl (C=O) groups excluding carboxylic acids is 1. The first kappa shape index (κ1) is 13.8. The Bertz CT molecular complexity index is 456. The number of oxime groups is 1. The summed E-state index contributed by atoms with van der Waals surface area (Å²) in [6, 6.07) is 3.58. The van der Waals surface area contributed by atoms with Gasteiger partial charge in [0.05, 0.1) is 6.54 Å². The number of amides is 1. The van der Waals surface area contributed by atoms with Crippen LogP contribution in [0.1, 0.15) is 17.3 Å². The highest BCUT2D eigenvalue weighted by molar-refractivity contribution is 5.99. The van der Waals surface area contributed by atoms with Gasteiger partial charge < -0.3 is 20.9 Å². The summed E-state index contributed by atoms with van der Waals surface area (Å²) >= 11 is 0. The van der Waals surface area contributed by atoms with Gasteiger partial charge in [-0.3, -0.25) is 4.79 Å². The summed E-state index contributed by atoms with van der Waals surface area (Å²) in [6.45, 7) is 1.73. The highest BCUT2D eigenvalue weighted by Gasteiger charge is 2.22. The Hall–Kier alpha value is -2.31. The number of nitrogens with two attached hydrogens (primary N) is 1. The number of nitrogens with zero attached hydrogens (tertiary/aromatic N) is 2. The molecule has 1 amide bonds. The van der Waals surface area contributed by atoms with Crippen LogP contribution in [0.15, 0.2) is 23.4 Å². The van der Waals surface area contributed by atoms with Gasteiger partial charge in [-0.1, -0.05) is 11.2 Å². The Labute approximate surface area is 103 Å². The predicted octanol–water partition coefficient (Wildman–Crippen LogP) is 0.740. The second-order valence-electron chi connectivity index (χ2n) is 3.54. The Morgan fingerprint density at radius 2 is 2.22 bits per heavy atom. The highest BCUT2D eigenvalue weighted by Crippen LogP contribution is 2.21. The Morgan fingerprint density at radius 3 is 2.72 bits per heavy atom. The molecule has 0 unspecified atom stereocenters. The van der Waals surface area contributed by atoms with Gasteiger partial charge in [-0.15, -0.1) is 0 Å². The molecule has 1 aromatic rings. The van der Waals surface area contributed by atoms with E-state index in [2.05, 4.69) is 5.16 Å². The van der Waals surface area contributed by atoms with Crippen LogP contribution in [0.4, 0.5) is 4.39 Å². The van der Waals surface area contributed by atoms with Crippen LogP contribution in [-0.2, 0) is 0 Å². The normalized spacial score (nSPS) is 11.3. The number of benzene rings is 1. The average Bonchev–Trinajstić information content (AvgIpc) is 2.35. The summed E-state index contributed by atoms with van der Waals surface area (Å²) in [5, 5.41) is 20.7. The first-order valence-corrected chi connectivity index (χ1v) is 5.24. The minimum Gasteiger partial charge on any atom is -0.507 e. The van der Waals surface area contributed by atoms with Gasteiger partial charge in [-0.2, -0.15) is 0 Å². The van der Waals surface area contributed by atoms with Crippen molar-refractivity contribution in [2.45, 2.75) is 6.92 Å². The van der Waals surface area contributed by atoms with E-state index >= 15 is 0 Å². The maximum absolute atomic E-state index is 13.5. The van der Waals surface area contributed by atoms with Crippen molar-refractivity contribution in [2.75, 3.05) is 13.1 Å². The van der Waals surface area contributed by atoms with Gasteiger partial charge in [-0.05, 0) is 19.1 Å². The van der Waals surface area contributed by atoms with Crippen molar-refractivity contribution in [1.82, 2.24) is 4.90 Å². The molecule has 4 N–H and O–H groups in total. The molecule has 0 bridgehead atoms. The van der Waals surface area contributed by atoms with Crippen molar-refractivity contribution < 1.29 is 19.5 Å². The average molecular weight is 255 g/mol. The predicted molar refractivity (Wildman–Crippen MR) is 63.1 cm³/mol. The molecule has 18 heavy (non-hydrogen) atoms. The molecule has 6 nitrogen and oxygen atoms in total. The van der Waals surface area contributed by atoms with E-state index in [1.807, 2.05) is 0 Å². The molecule has 0 saturated carbocycles. The number of hydrogen-bond acceptors (Lipinski definition) is 4. The molecule has 0 radical (unpaired) electrons. The molecule has 1 aromatic carbocycles. The minimum atomic E-state index is -0.821. The minimum absolute atomic E-state index is 0.153. The van der Waals surface area contributed by atoms with E-state index in [9.17, 15) is 14.3 Å². The van der Waals surface area contributed by atoms with Gasteiger partial charge in [0.25, 0.3) is 5.91 Å². The monoisotopic (exact) mass is 255 g/mol. The number of aromatic hydroxyl groups is 1. The molecule has 7 heteroatoms. The lowest BCUT2D eigenvalue weighted by molar-refractivity contribution is 0.0778. The lowest BCUT2D eigenvalue weighted by atomic mass is 10.1. The van der Waals surface area contributed by atoms with Crippen LogP contribution in [-0.4, -0.2) is 40.0 Å². The van der Waals surface area contributed by atoms with Crippen LogP contribution in [0, 0.1) is 5.82 Å². The van der Waals surface area contributed by atoms with Crippen molar-refractivity contribution in [3.05, 3.63) is 29.6 Å². The number of amidine groups is 1. The molecule has 0 spiro atoms. The first-order chi connectivity index (χ1) is 8.51. The maximum atomic E-state index is 13.5. The SMILES string of the molecule is CCN(C/C(N)=N/O)C(=O)c1c(O)cccc1F. The lowest BCUT2D eigenvalue weighted by Gasteiger charge is -2.20. The van der Waals surface area contributed by atoms with Crippen LogP contribution in [0.3, 0.4) is 0 Å². The molecule has 0 heterocycles. The molecule has 0 fully saturated rings. The van der Waals surface area contributed by atoms with Gasteiger partial charge in [0.2, 0.25) is 0 Å². The molecule has 1 rings (SSSR count).